The van der Waals surface area contributed by atoms with Gasteiger partial charge in [0, 0.05) is 30.4 Å². The van der Waals surface area contributed by atoms with Crippen molar-refractivity contribution in [3.8, 4) is 0 Å². The van der Waals surface area contributed by atoms with E-state index in [1.165, 1.54) is 0 Å². The minimum Gasteiger partial charge on any atom is -0.350 e. The van der Waals surface area contributed by atoms with Crippen molar-refractivity contribution in [1.29, 1.82) is 0 Å². The Morgan fingerprint density at radius 2 is 1.84 bits per heavy atom. The van der Waals surface area contributed by atoms with Crippen LogP contribution in [0.3, 0.4) is 0 Å². The monoisotopic (exact) mass is 261 g/mol. The zero-order chi connectivity index (χ0) is 13.8. The van der Waals surface area contributed by atoms with Gasteiger partial charge in [-0.3, -0.25) is 9.59 Å². The van der Waals surface area contributed by atoms with E-state index in [0.29, 0.717) is 5.56 Å². The number of nitrogens with one attached hydrogen (secondary N) is 3. The summed E-state index contributed by atoms with van der Waals surface area (Å²) in [5, 5.41) is 8.72. The lowest BCUT2D eigenvalue weighted by Crippen LogP contribution is -2.48. The molecule has 0 bridgehead atoms. The van der Waals surface area contributed by atoms with E-state index in [9.17, 15) is 9.59 Å². The second kappa shape index (κ2) is 5.84. The Hall–Kier alpha value is -1.88. The molecule has 5 nitrogen and oxygen atoms in total. The lowest BCUT2D eigenvalue weighted by Gasteiger charge is -2.25. The Bertz CT molecular complexity index is 464. The van der Waals surface area contributed by atoms with Crippen molar-refractivity contribution in [3.63, 3.8) is 0 Å². The van der Waals surface area contributed by atoms with Crippen LogP contribution in [0.4, 0.5) is 5.69 Å². The molecule has 19 heavy (non-hydrogen) atoms. The van der Waals surface area contributed by atoms with E-state index in [-0.39, 0.29) is 23.8 Å². The van der Waals surface area contributed by atoms with Crippen LogP contribution in [-0.4, -0.2) is 30.9 Å². The topological polar surface area (TPSA) is 70.2 Å². The van der Waals surface area contributed by atoms with Crippen LogP contribution in [0.2, 0.25) is 0 Å². The fraction of sp³-hybridized carbons (Fsp3) is 0.429. The molecule has 1 aromatic rings. The van der Waals surface area contributed by atoms with E-state index in [4.69, 9.17) is 0 Å². The second-order valence-electron chi connectivity index (χ2n) is 5.05. The standard InChI is InChI=1S/C14H19N3O2/c1-9(2)16-13(18)10-3-5-12(6-4-10)17-14(19)11-7-15-8-11/h3-6,9,11,15H,7-8H2,1-2H3,(H,16,18)(H,17,19). The van der Waals surface area contributed by atoms with Gasteiger partial charge in [-0.15, -0.1) is 0 Å². The molecule has 0 aliphatic carbocycles. The van der Waals surface area contributed by atoms with Crippen molar-refractivity contribution in [1.82, 2.24) is 10.6 Å². The number of carbonyl (C=O) groups is 2. The number of anilines is 1. The maximum atomic E-state index is 11.7. The minimum absolute atomic E-state index is 0.0260. The number of rotatable bonds is 4. The molecule has 0 saturated carbocycles. The number of carbonyl (C=O) groups excluding carboxylic acids is 2. The first kappa shape index (κ1) is 13.5. The van der Waals surface area contributed by atoms with Gasteiger partial charge in [-0.1, -0.05) is 0 Å². The summed E-state index contributed by atoms with van der Waals surface area (Å²) < 4.78 is 0. The van der Waals surface area contributed by atoms with Crippen LogP contribution >= 0.6 is 0 Å². The Morgan fingerprint density at radius 1 is 1.21 bits per heavy atom. The van der Waals surface area contributed by atoms with Crippen molar-refractivity contribution in [2.24, 2.45) is 5.92 Å². The van der Waals surface area contributed by atoms with Gasteiger partial charge in [-0.25, -0.2) is 0 Å². The molecule has 0 spiro atoms. The van der Waals surface area contributed by atoms with Crippen molar-refractivity contribution in [3.05, 3.63) is 29.8 Å². The summed E-state index contributed by atoms with van der Waals surface area (Å²) >= 11 is 0. The molecule has 3 N–H and O–H groups in total. The van der Waals surface area contributed by atoms with E-state index in [2.05, 4.69) is 16.0 Å². The average molecular weight is 261 g/mol. The normalized spacial score (nSPS) is 14.9. The van der Waals surface area contributed by atoms with Crippen molar-refractivity contribution in [2.75, 3.05) is 18.4 Å². The predicted molar refractivity (Wildman–Crippen MR) is 74.0 cm³/mol. The molecule has 1 fully saturated rings. The first-order valence-corrected chi connectivity index (χ1v) is 6.49. The van der Waals surface area contributed by atoms with Gasteiger partial charge >= 0.3 is 0 Å². The van der Waals surface area contributed by atoms with Gasteiger partial charge in [0.1, 0.15) is 0 Å². The van der Waals surface area contributed by atoms with E-state index in [0.717, 1.165) is 18.8 Å². The first-order chi connectivity index (χ1) is 9.06. The molecule has 1 heterocycles. The van der Waals surface area contributed by atoms with Gasteiger partial charge < -0.3 is 16.0 Å². The van der Waals surface area contributed by atoms with Crippen LogP contribution < -0.4 is 16.0 Å². The predicted octanol–water partition coefficient (Wildman–Crippen LogP) is 0.983. The Morgan fingerprint density at radius 3 is 2.32 bits per heavy atom. The molecule has 2 rings (SSSR count). The first-order valence-electron chi connectivity index (χ1n) is 6.49. The molecule has 0 unspecified atom stereocenters. The Labute approximate surface area is 112 Å². The van der Waals surface area contributed by atoms with E-state index < -0.39 is 0 Å². The third kappa shape index (κ3) is 3.54. The maximum Gasteiger partial charge on any atom is 0.251 e. The molecule has 1 saturated heterocycles. The lowest BCUT2D eigenvalue weighted by atomic mass is 10.0. The summed E-state index contributed by atoms with van der Waals surface area (Å²) in [4.78, 5) is 23.5. The fourth-order valence-electron chi connectivity index (χ4n) is 1.77. The molecule has 1 aromatic carbocycles. The highest BCUT2D eigenvalue weighted by Crippen LogP contribution is 2.12. The lowest BCUT2D eigenvalue weighted by molar-refractivity contribution is -0.121. The SMILES string of the molecule is CC(C)NC(=O)c1ccc(NC(=O)C2CNC2)cc1. The number of benzene rings is 1. The molecule has 1 aliphatic rings. The molecule has 2 amide bonds. The van der Waals surface area contributed by atoms with Crippen LogP contribution in [0.15, 0.2) is 24.3 Å². The summed E-state index contributed by atoms with van der Waals surface area (Å²) in [6.07, 6.45) is 0. The smallest absolute Gasteiger partial charge is 0.251 e. The molecular formula is C14H19N3O2. The molecule has 102 valence electrons. The summed E-state index contributed by atoms with van der Waals surface area (Å²) in [5.74, 6) is -0.0156. The molecule has 0 aromatic heterocycles. The molecular weight excluding hydrogens is 242 g/mol. The summed E-state index contributed by atoms with van der Waals surface area (Å²) in [7, 11) is 0. The van der Waals surface area contributed by atoms with Crippen LogP contribution in [0.25, 0.3) is 0 Å². The van der Waals surface area contributed by atoms with Crippen LogP contribution in [0.5, 0.6) is 0 Å². The molecule has 1 aliphatic heterocycles. The van der Waals surface area contributed by atoms with Crippen LogP contribution in [0.1, 0.15) is 24.2 Å². The quantitative estimate of drug-likeness (QED) is 0.756. The van der Waals surface area contributed by atoms with Gasteiger partial charge in [0.25, 0.3) is 5.91 Å². The molecule has 0 radical (unpaired) electrons. The van der Waals surface area contributed by atoms with Gasteiger partial charge in [0.2, 0.25) is 5.91 Å². The van der Waals surface area contributed by atoms with Crippen LogP contribution in [0, 0.1) is 5.92 Å². The molecule has 5 heteroatoms. The number of hydrogen-bond acceptors (Lipinski definition) is 3. The Balaban J connectivity index is 1.94. The van der Waals surface area contributed by atoms with Crippen molar-refractivity contribution >= 4 is 17.5 Å². The summed E-state index contributed by atoms with van der Waals surface area (Å²) in [6, 6.07) is 7.04. The number of amides is 2. The number of hydrogen-bond donors (Lipinski definition) is 3. The third-order valence-electron chi connectivity index (χ3n) is 2.99. The van der Waals surface area contributed by atoms with E-state index in [1.807, 2.05) is 13.8 Å². The van der Waals surface area contributed by atoms with E-state index >= 15 is 0 Å². The summed E-state index contributed by atoms with van der Waals surface area (Å²) in [6.45, 7) is 5.31. The van der Waals surface area contributed by atoms with Crippen molar-refractivity contribution in [2.45, 2.75) is 19.9 Å². The maximum absolute atomic E-state index is 11.7. The van der Waals surface area contributed by atoms with Gasteiger partial charge in [0.15, 0.2) is 0 Å². The third-order valence-corrected chi connectivity index (χ3v) is 2.99. The van der Waals surface area contributed by atoms with Gasteiger partial charge in [-0.05, 0) is 38.1 Å². The second-order valence-corrected chi connectivity index (χ2v) is 5.05. The highest BCUT2D eigenvalue weighted by atomic mass is 16.2. The minimum atomic E-state index is -0.101. The van der Waals surface area contributed by atoms with Gasteiger partial charge in [-0.2, -0.15) is 0 Å². The van der Waals surface area contributed by atoms with Gasteiger partial charge in [0.05, 0.1) is 5.92 Å². The summed E-state index contributed by atoms with van der Waals surface area (Å²) in [5.41, 5.74) is 1.31. The van der Waals surface area contributed by atoms with Crippen LogP contribution in [-0.2, 0) is 4.79 Å². The largest absolute Gasteiger partial charge is 0.350 e. The fourth-order valence-corrected chi connectivity index (χ4v) is 1.77. The highest BCUT2D eigenvalue weighted by molar-refractivity contribution is 5.96. The zero-order valence-corrected chi connectivity index (χ0v) is 11.2. The van der Waals surface area contributed by atoms with Crippen molar-refractivity contribution < 1.29 is 9.59 Å². The molecule has 0 atom stereocenters. The zero-order valence-electron chi connectivity index (χ0n) is 11.2. The Kier molecular flexibility index (Phi) is 4.16. The van der Waals surface area contributed by atoms with E-state index in [1.54, 1.807) is 24.3 Å². The highest BCUT2D eigenvalue weighted by Gasteiger charge is 2.24. The average Bonchev–Trinajstić information content (AvgIpc) is 2.26.